The normalized spacial score (nSPS) is 10.3. The van der Waals surface area contributed by atoms with Crippen LogP contribution >= 0.6 is 0 Å². The van der Waals surface area contributed by atoms with Crippen molar-refractivity contribution in [2.75, 3.05) is 5.32 Å². The van der Waals surface area contributed by atoms with Gasteiger partial charge in [0.1, 0.15) is 0 Å². The number of hydrogen-bond donors (Lipinski definition) is 3. The lowest BCUT2D eigenvalue weighted by atomic mass is 10.3. The largest absolute Gasteiger partial charge is 0.501 e. The van der Waals surface area contributed by atoms with Gasteiger partial charge in [-0.1, -0.05) is 0 Å². The Bertz CT molecular complexity index is 512. The first-order chi connectivity index (χ1) is 7.59. The van der Waals surface area contributed by atoms with E-state index in [1.165, 1.54) is 13.2 Å². The molecule has 0 bridgehead atoms. The fourth-order valence-corrected chi connectivity index (χ4v) is 1.23. The van der Waals surface area contributed by atoms with Crippen molar-refractivity contribution >= 4 is 11.8 Å². The smallest absolute Gasteiger partial charge is 0.246 e. The van der Waals surface area contributed by atoms with Crippen molar-refractivity contribution in [1.29, 1.82) is 0 Å². The van der Waals surface area contributed by atoms with E-state index < -0.39 is 17.4 Å². The van der Waals surface area contributed by atoms with Gasteiger partial charge in [0.25, 0.3) is 0 Å². The Balaban J connectivity index is 2.45. The van der Waals surface area contributed by atoms with Gasteiger partial charge in [-0.15, -0.1) is 0 Å². The van der Waals surface area contributed by atoms with Gasteiger partial charge < -0.3 is 19.0 Å². The number of aromatic hydroxyl groups is 2. The minimum atomic E-state index is -0.526. The first kappa shape index (κ1) is 10.2. The number of amides is 1. The molecule has 16 heavy (non-hydrogen) atoms. The molecule has 2 aromatic heterocycles. The molecule has 6 nitrogen and oxygen atoms in total. The number of carbonyl (C=O) groups excluding carboxylic acids is 1. The van der Waals surface area contributed by atoms with Crippen molar-refractivity contribution in [2.24, 2.45) is 0 Å². The standard InChI is InChI=1S/C10H9NO5/c1-5(12)11-10-8(14)7(13)9(16-10)6-3-2-4-15-6/h2-4,13-14H,1H3,(H,11,12). The Labute approximate surface area is 90.1 Å². The summed E-state index contributed by atoms with van der Waals surface area (Å²) in [7, 11) is 0. The molecule has 1 amide bonds. The molecule has 0 unspecified atom stereocenters. The summed E-state index contributed by atoms with van der Waals surface area (Å²) in [6.45, 7) is 1.26. The van der Waals surface area contributed by atoms with Crippen LogP contribution in [-0.4, -0.2) is 16.1 Å². The minimum Gasteiger partial charge on any atom is -0.501 e. The molecule has 3 N–H and O–H groups in total. The molecule has 0 atom stereocenters. The van der Waals surface area contributed by atoms with E-state index in [2.05, 4.69) is 5.32 Å². The van der Waals surface area contributed by atoms with Crippen LogP contribution in [0.5, 0.6) is 11.5 Å². The van der Waals surface area contributed by atoms with Crippen LogP contribution in [0.3, 0.4) is 0 Å². The van der Waals surface area contributed by atoms with Crippen LogP contribution in [0, 0.1) is 0 Å². The van der Waals surface area contributed by atoms with Crippen LogP contribution in [0.1, 0.15) is 6.92 Å². The Kier molecular flexibility index (Phi) is 2.32. The first-order valence-electron chi connectivity index (χ1n) is 4.45. The molecule has 0 saturated heterocycles. The third kappa shape index (κ3) is 1.60. The Hall–Kier alpha value is -2.37. The second-order valence-corrected chi connectivity index (χ2v) is 3.12. The summed E-state index contributed by atoms with van der Waals surface area (Å²) in [5, 5.41) is 21.3. The van der Waals surface area contributed by atoms with Gasteiger partial charge in [0.15, 0.2) is 5.76 Å². The highest BCUT2D eigenvalue weighted by Crippen LogP contribution is 2.45. The van der Waals surface area contributed by atoms with Crippen LogP contribution in [0.15, 0.2) is 27.2 Å². The van der Waals surface area contributed by atoms with Crippen molar-refractivity contribution in [3.05, 3.63) is 18.4 Å². The maximum absolute atomic E-state index is 10.8. The molecule has 2 heterocycles. The third-order valence-corrected chi connectivity index (χ3v) is 1.89. The van der Waals surface area contributed by atoms with Gasteiger partial charge in [0.2, 0.25) is 29.1 Å². The van der Waals surface area contributed by atoms with Crippen molar-refractivity contribution in [3.63, 3.8) is 0 Å². The second kappa shape index (κ2) is 3.65. The second-order valence-electron chi connectivity index (χ2n) is 3.12. The van der Waals surface area contributed by atoms with Crippen molar-refractivity contribution in [1.82, 2.24) is 0 Å². The summed E-state index contributed by atoms with van der Waals surface area (Å²) < 4.78 is 10.1. The molecule has 6 heteroatoms. The topological polar surface area (TPSA) is 95.8 Å². The van der Waals surface area contributed by atoms with Crippen LogP contribution < -0.4 is 5.32 Å². The number of nitrogens with one attached hydrogen (secondary N) is 1. The first-order valence-corrected chi connectivity index (χ1v) is 4.45. The van der Waals surface area contributed by atoms with E-state index in [0.29, 0.717) is 0 Å². The van der Waals surface area contributed by atoms with Gasteiger partial charge in [-0.3, -0.25) is 10.1 Å². The molecule has 0 radical (unpaired) electrons. The molecular weight excluding hydrogens is 214 g/mol. The average molecular weight is 223 g/mol. The van der Waals surface area contributed by atoms with E-state index in [0.717, 1.165) is 0 Å². The van der Waals surface area contributed by atoms with Gasteiger partial charge in [-0.2, -0.15) is 0 Å². The van der Waals surface area contributed by atoms with Gasteiger partial charge in [-0.25, -0.2) is 0 Å². The Morgan fingerprint density at radius 2 is 2.12 bits per heavy atom. The molecular formula is C10H9NO5. The molecule has 0 saturated carbocycles. The van der Waals surface area contributed by atoms with E-state index in [-0.39, 0.29) is 17.4 Å². The lowest BCUT2D eigenvalue weighted by molar-refractivity contribution is -0.114. The van der Waals surface area contributed by atoms with Crippen LogP contribution in [0.4, 0.5) is 5.88 Å². The maximum atomic E-state index is 10.8. The summed E-state index contributed by atoms with van der Waals surface area (Å²) in [5.74, 6) is -1.41. The number of carbonyl (C=O) groups is 1. The average Bonchev–Trinajstić information content (AvgIpc) is 2.81. The fourth-order valence-electron chi connectivity index (χ4n) is 1.23. The lowest BCUT2D eigenvalue weighted by Crippen LogP contribution is -2.04. The van der Waals surface area contributed by atoms with Crippen molar-refractivity contribution in [2.45, 2.75) is 6.92 Å². The van der Waals surface area contributed by atoms with Crippen LogP contribution in [-0.2, 0) is 4.79 Å². The molecule has 0 aliphatic rings. The summed E-state index contributed by atoms with van der Waals surface area (Å²) in [6, 6.07) is 3.15. The van der Waals surface area contributed by atoms with E-state index >= 15 is 0 Å². The van der Waals surface area contributed by atoms with Crippen LogP contribution in [0.2, 0.25) is 0 Å². The number of hydrogen-bond acceptors (Lipinski definition) is 5. The highest BCUT2D eigenvalue weighted by Gasteiger charge is 2.22. The van der Waals surface area contributed by atoms with Gasteiger partial charge in [0, 0.05) is 6.92 Å². The van der Waals surface area contributed by atoms with Crippen molar-refractivity contribution in [3.8, 4) is 23.0 Å². The van der Waals surface area contributed by atoms with Crippen LogP contribution in [0.25, 0.3) is 11.5 Å². The monoisotopic (exact) mass is 223 g/mol. The maximum Gasteiger partial charge on any atom is 0.246 e. The molecule has 84 valence electrons. The molecule has 2 rings (SSSR count). The summed E-state index contributed by atoms with van der Waals surface area (Å²) >= 11 is 0. The fraction of sp³-hybridized carbons (Fsp3) is 0.100. The Morgan fingerprint density at radius 1 is 1.38 bits per heavy atom. The zero-order valence-electron chi connectivity index (χ0n) is 8.35. The van der Waals surface area contributed by atoms with Gasteiger partial charge >= 0.3 is 0 Å². The molecule has 0 aromatic carbocycles. The van der Waals surface area contributed by atoms with E-state index in [4.69, 9.17) is 8.83 Å². The van der Waals surface area contributed by atoms with Crippen molar-refractivity contribution < 1.29 is 23.8 Å². The SMILES string of the molecule is CC(=O)Nc1oc(-c2ccco2)c(O)c1O. The summed E-state index contributed by atoms with van der Waals surface area (Å²) in [5.41, 5.74) is 0. The van der Waals surface area contributed by atoms with Gasteiger partial charge in [0.05, 0.1) is 6.26 Å². The van der Waals surface area contributed by atoms with Gasteiger partial charge in [-0.05, 0) is 12.1 Å². The highest BCUT2D eigenvalue weighted by atomic mass is 16.4. The third-order valence-electron chi connectivity index (χ3n) is 1.89. The summed E-state index contributed by atoms with van der Waals surface area (Å²) in [6.07, 6.45) is 1.40. The number of anilines is 1. The van der Waals surface area contributed by atoms with E-state index in [1.807, 2.05) is 0 Å². The highest BCUT2D eigenvalue weighted by molar-refractivity contribution is 5.90. The molecule has 0 spiro atoms. The Morgan fingerprint density at radius 3 is 2.69 bits per heavy atom. The zero-order chi connectivity index (χ0) is 11.7. The summed E-state index contributed by atoms with van der Waals surface area (Å²) in [4.78, 5) is 10.8. The predicted octanol–water partition coefficient (Wildman–Crippen LogP) is 1.91. The quantitative estimate of drug-likeness (QED) is 0.722. The van der Waals surface area contributed by atoms with E-state index in [1.54, 1.807) is 12.1 Å². The lowest BCUT2D eigenvalue weighted by Gasteiger charge is -1.95. The zero-order valence-corrected chi connectivity index (χ0v) is 8.35. The predicted molar refractivity (Wildman–Crippen MR) is 54.0 cm³/mol. The number of rotatable bonds is 2. The number of furan rings is 2. The molecule has 0 aliphatic heterocycles. The molecule has 2 aromatic rings. The molecule has 0 aliphatic carbocycles. The minimum absolute atomic E-state index is 0.0359. The molecule has 0 fully saturated rings. The van der Waals surface area contributed by atoms with E-state index in [9.17, 15) is 15.0 Å².